The quantitative estimate of drug-likeness (QED) is 0.610. The minimum Gasteiger partial charge on any atom is -0.274 e. The summed E-state index contributed by atoms with van der Waals surface area (Å²) in [7, 11) is 0. The van der Waals surface area contributed by atoms with Gasteiger partial charge in [-0.15, -0.1) is 21.5 Å². The first-order valence-corrected chi connectivity index (χ1v) is 9.96. The highest BCUT2D eigenvalue weighted by molar-refractivity contribution is 8.00. The highest BCUT2D eigenvalue weighted by Gasteiger charge is 2.18. The van der Waals surface area contributed by atoms with Gasteiger partial charge in [0.25, 0.3) is 0 Å². The molecule has 0 radical (unpaired) electrons. The molecule has 1 aromatic carbocycles. The van der Waals surface area contributed by atoms with Crippen LogP contribution in [-0.2, 0) is 10.5 Å². The summed E-state index contributed by atoms with van der Waals surface area (Å²) in [5, 5.41) is 11.7. The molecule has 2 heterocycles. The Labute approximate surface area is 152 Å². The smallest absolute Gasteiger partial charge is 0.230 e. The standard InChI is InChI=1S/C16H16N4OS3/c1-10-4-6-14(7-5-10)20(12(3)21)15-17-13(8-22-15)9-23-16-19-18-11(2)24-16/h4-8H,9H2,1-3H3. The number of hydrogen-bond donors (Lipinski definition) is 0. The molecule has 24 heavy (non-hydrogen) atoms. The number of carbonyl (C=O) groups is 1. The van der Waals surface area contributed by atoms with Gasteiger partial charge in [0.2, 0.25) is 5.91 Å². The normalized spacial score (nSPS) is 10.8. The second-order valence-corrected chi connectivity index (χ2v) is 8.43. The van der Waals surface area contributed by atoms with Gasteiger partial charge in [-0.05, 0) is 26.0 Å². The molecule has 124 valence electrons. The van der Waals surface area contributed by atoms with Gasteiger partial charge < -0.3 is 0 Å². The van der Waals surface area contributed by atoms with Gasteiger partial charge in [-0.25, -0.2) is 4.98 Å². The molecule has 3 rings (SSSR count). The molecule has 0 saturated heterocycles. The molecule has 0 unspecified atom stereocenters. The fourth-order valence-electron chi connectivity index (χ4n) is 2.06. The molecule has 1 amide bonds. The van der Waals surface area contributed by atoms with Crippen LogP contribution in [0.2, 0.25) is 0 Å². The van der Waals surface area contributed by atoms with Crippen LogP contribution < -0.4 is 4.90 Å². The maximum absolute atomic E-state index is 12.1. The van der Waals surface area contributed by atoms with Crippen molar-refractivity contribution in [2.75, 3.05) is 4.90 Å². The fourth-order valence-corrected chi connectivity index (χ4v) is 4.76. The van der Waals surface area contributed by atoms with Crippen molar-refractivity contribution in [3.05, 3.63) is 45.9 Å². The highest BCUT2D eigenvalue weighted by Crippen LogP contribution is 2.32. The van der Waals surface area contributed by atoms with Gasteiger partial charge in [-0.1, -0.05) is 40.8 Å². The number of benzene rings is 1. The van der Waals surface area contributed by atoms with Crippen LogP contribution in [-0.4, -0.2) is 21.1 Å². The molecule has 8 heteroatoms. The predicted molar refractivity (Wildman–Crippen MR) is 100 cm³/mol. The largest absolute Gasteiger partial charge is 0.274 e. The molecule has 0 aliphatic rings. The zero-order valence-corrected chi connectivity index (χ0v) is 16.0. The Morgan fingerprint density at radius 1 is 1.21 bits per heavy atom. The summed E-state index contributed by atoms with van der Waals surface area (Å²) in [6, 6.07) is 7.87. The average molecular weight is 377 g/mol. The highest BCUT2D eigenvalue weighted by atomic mass is 32.2. The van der Waals surface area contributed by atoms with Crippen LogP contribution in [0.5, 0.6) is 0 Å². The zero-order chi connectivity index (χ0) is 17.1. The van der Waals surface area contributed by atoms with Crippen LogP contribution >= 0.6 is 34.4 Å². The summed E-state index contributed by atoms with van der Waals surface area (Å²) in [4.78, 5) is 18.3. The molecule has 0 saturated carbocycles. The Balaban J connectivity index is 1.76. The van der Waals surface area contributed by atoms with E-state index >= 15 is 0 Å². The van der Waals surface area contributed by atoms with Gasteiger partial charge in [0, 0.05) is 18.1 Å². The summed E-state index contributed by atoms with van der Waals surface area (Å²) in [6.45, 7) is 5.52. The Hall–Kier alpha value is -1.77. The number of carbonyl (C=O) groups excluding carboxylic acids is 1. The lowest BCUT2D eigenvalue weighted by molar-refractivity contribution is -0.115. The van der Waals surface area contributed by atoms with Crippen LogP contribution in [0.4, 0.5) is 10.8 Å². The first-order chi connectivity index (χ1) is 11.5. The van der Waals surface area contributed by atoms with Gasteiger partial charge in [0.15, 0.2) is 9.47 Å². The van der Waals surface area contributed by atoms with Crippen molar-refractivity contribution in [2.45, 2.75) is 30.9 Å². The number of anilines is 2. The molecule has 0 spiro atoms. The van der Waals surface area contributed by atoms with Gasteiger partial charge >= 0.3 is 0 Å². The summed E-state index contributed by atoms with van der Waals surface area (Å²) in [6.07, 6.45) is 0. The molecule has 3 aromatic rings. The Morgan fingerprint density at radius 3 is 2.58 bits per heavy atom. The number of nitrogens with zero attached hydrogens (tertiary/aromatic N) is 4. The van der Waals surface area contributed by atoms with E-state index in [4.69, 9.17) is 0 Å². The topological polar surface area (TPSA) is 59.0 Å². The van der Waals surface area contributed by atoms with E-state index in [1.54, 1.807) is 34.9 Å². The van der Waals surface area contributed by atoms with Crippen LogP contribution in [0.25, 0.3) is 0 Å². The number of rotatable bonds is 5. The Kier molecular flexibility index (Phi) is 5.27. The fraction of sp³-hybridized carbons (Fsp3) is 0.250. The van der Waals surface area contributed by atoms with Crippen molar-refractivity contribution in [3.63, 3.8) is 0 Å². The Bertz CT molecular complexity index is 841. The lowest BCUT2D eigenvalue weighted by Crippen LogP contribution is -2.22. The van der Waals surface area contributed by atoms with E-state index in [2.05, 4.69) is 15.2 Å². The lowest BCUT2D eigenvalue weighted by Gasteiger charge is -2.18. The Morgan fingerprint density at radius 2 is 1.96 bits per heavy atom. The van der Waals surface area contributed by atoms with Crippen LogP contribution in [0, 0.1) is 13.8 Å². The third-order valence-corrected chi connectivity index (χ3v) is 6.07. The third-order valence-electron chi connectivity index (χ3n) is 3.19. The molecule has 0 aliphatic heterocycles. The maximum atomic E-state index is 12.1. The lowest BCUT2D eigenvalue weighted by atomic mass is 10.2. The molecule has 0 fully saturated rings. The molecular formula is C16H16N4OS3. The minimum absolute atomic E-state index is 0.0489. The maximum Gasteiger partial charge on any atom is 0.230 e. The number of aryl methyl sites for hydroxylation is 2. The second-order valence-electron chi connectivity index (χ2n) is 5.19. The van der Waals surface area contributed by atoms with Crippen molar-refractivity contribution in [1.29, 1.82) is 0 Å². The van der Waals surface area contributed by atoms with Crippen molar-refractivity contribution < 1.29 is 4.79 Å². The number of aromatic nitrogens is 3. The summed E-state index contributed by atoms with van der Waals surface area (Å²) in [5.41, 5.74) is 2.93. The number of thioether (sulfide) groups is 1. The monoisotopic (exact) mass is 376 g/mol. The van der Waals surface area contributed by atoms with E-state index in [9.17, 15) is 4.79 Å². The summed E-state index contributed by atoms with van der Waals surface area (Å²) in [5.74, 6) is 0.664. The van der Waals surface area contributed by atoms with Crippen molar-refractivity contribution >= 4 is 51.2 Å². The average Bonchev–Trinajstić information content (AvgIpc) is 3.16. The van der Waals surface area contributed by atoms with Crippen LogP contribution in [0.1, 0.15) is 23.2 Å². The molecule has 2 aromatic heterocycles. The van der Waals surface area contributed by atoms with E-state index in [1.807, 2.05) is 43.5 Å². The molecule has 5 nitrogen and oxygen atoms in total. The first-order valence-electron chi connectivity index (χ1n) is 7.27. The molecule has 0 aliphatic carbocycles. The number of thiazole rings is 1. The minimum atomic E-state index is -0.0489. The van der Waals surface area contributed by atoms with Crippen molar-refractivity contribution in [3.8, 4) is 0 Å². The van der Waals surface area contributed by atoms with Crippen molar-refractivity contribution in [2.24, 2.45) is 0 Å². The second kappa shape index (κ2) is 7.42. The van der Waals surface area contributed by atoms with Crippen LogP contribution in [0.3, 0.4) is 0 Å². The molecule has 0 N–H and O–H groups in total. The first kappa shape index (κ1) is 17.1. The molecular weight excluding hydrogens is 360 g/mol. The van der Waals surface area contributed by atoms with E-state index in [1.165, 1.54) is 11.3 Å². The number of amides is 1. The van der Waals surface area contributed by atoms with E-state index in [0.717, 1.165) is 26.3 Å². The van der Waals surface area contributed by atoms with E-state index in [0.29, 0.717) is 10.9 Å². The third kappa shape index (κ3) is 4.00. The summed E-state index contributed by atoms with van der Waals surface area (Å²) < 4.78 is 0.934. The molecule has 0 atom stereocenters. The van der Waals surface area contributed by atoms with Gasteiger partial charge in [-0.2, -0.15) is 0 Å². The van der Waals surface area contributed by atoms with Gasteiger partial charge in [0.05, 0.1) is 11.4 Å². The predicted octanol–water partition coefficient (Wildman–Crippen LogP) is 4.59. The SMILES string of the molecule is CC(=O)N(c1ccc(C)cc1)c1nc(CSc2nnc(C)s2)cs1. The van der Waals surface area contributed by atoms with Crippen LogP contribution in [0.15, 0.2) is 34.0 Å². The van der Waals surface area contributed by atoms with Gasteiger partial charge in [-0.3, -0.25) is 9.69 Å². The molecule has 0 bridgehead atoms. The summed E-state index contributed by atoms with van der Waals surface area (Å²) >= 11 is 4.66. The van der Waals surface area contributed by atoms with Crippen molar-refractivity contribution in [1.82, 2.24) is 15.2 Å². The zero-order valence-electron chi connectivity index (χ0n) is 13.5. The number of hydrogen-bond acceptors (Lipinski definition) is 7. The van der Waals surface area contributed by atoms with E-state index < -0.39 is 0 Å². The van der Waals surface area contributed by atoms with E-state index in [-0.39, 0.29) is 5.91 Å². The van der Waals surface area contributed by atoms with Gasteiger partial charge in [0.1, 0.15) is 5.01 Å².